The lowest BCUT2D eigenvalue weighted by molar-refractivity contribution is 0.0897. The van der Waals surface area contributed by atoms with E-state index in [-0.39, 0.29) is 11.2 Å². The molecule has 2 rings (SSSR count). The predicted molar refractivity (Wildman–Crippen MR) is 61.3 cm³/mol. The van der Waals surface area contributed by atoms with E-state index < -0.39 is 0 Å². The molecule has 1 heterocycles. The van der Waals surface area contributed by atoms with E-state index in [0.29, 0.717) is 35.3 Å². The molecule has 0 saturated heterocycles. The summed E-state index contributed by atoms with van der Waals surface area (Å²) in [5.74, 6) is 0.685. The number of rotatable bonds is 0. The number of nitriles is 1. The molecular formula is C13H14N2O2. The van der Waals surface area contributed by atoms with Crippen molar-refractivity contribution in [2.75, 3.05) is 7.05 Å². The first-order chi connectivity index (χ1) is 7.96. The fourth-order valence-electron chi connectivity index (χ4n) is 2.15. The van der Waals surface area contributed by atoms with Crippen molar-refractivity contribution in [1.82, 2.24) is 0 Å². The second-order valence-electron chi connectivity index (χ2n) is 5.08. The quantitative estimate of drug-likeness (QED) is 0.683. The molecule has 0 radical (unpaired) electrons. The van der Waals surface area contributed by atoms with Crippen molar-refractivity contribution in [2.45, 2.75) is 26.7 Å². The van der Waals surface area contributed by atoms with Gasteiger partial charge in [0.15, 0.2) is 5.78 Å². The first-order valence-electron chi connectivity index (χ1n) is 5.50. The van der Waals surface area contributed by atoms with Gasteiger partial charge in [-0.2, -0.15) is 5.26 Å². The zero-order valence-corrected chi connectivity index (χ0v) is 10.2. The monoisotopic (exact) mass is 230 g/mol. The molecule has 1 aliphatic carbocycles. The van der Waals surface area contributed by atoms with Gasteiger partial charge in [0, 0.05) is 19.9 Å². The van der Waals surface area contributed by atoms with Crippen LogP contribution in [0, 0.1) is 16.7 Å². The summed E-state index contributed by atoms with van der Waals surface area (Å²) in [6.45, 7) is 4.06. The fourth-order valence-corrected chi connectivity index (χ4v) is 2.15. The molecule has 0 aromatic carbocycles. The lowest BCUT2D eigenvalue weighted by atomic mass is 9.76. The molecule has 0 N–H and O–H groups in total. The third-order valence-corrected chi connectivity index (χ3v) is 2.94. The molecule has 88 valence electrons. The average molecular weight is 230 g/mol. The largest absolute Gasteiger partial charge is 0.442 e. The number of hydrogen-bond donors (Lipinski definition) is 0. The van der Waals surface area contributed by atoms with E-state index in [1.54, 1.807) is 13.1 Å². The number of carbonyl (C=O) groups excluding carboxylic acids is 1. The Kier molecular flexibility index (Phi) is 2.62. The van der Waals surface area contributed by atoms with Gasteiger partial charge >= 0.3 is 0 Å². The van der Waals surface area contributed by atoms with E-state index in [1.165, 1.54) is 0 Å². The van der Waals surface area contributed by atoms with Gasteiger partial charge in [-0.15, -0.1) is 0 Å². The summed E-state index contributed by atoms with van der Waals surface area (Å²) in [6.07, 6.45) is 1.19. The van der Waals surface area contributed by atoms with Crippen LogP contribution in [0.25, 0.3) is 0 Å². The maximum absolute atomic E-state index is 12.0. The minimum Gasteiger partial charge on any atom is -0.442 e. The molecular weight excluding hydrogens is 216 g/mol. The Labute approximate surface area is 99.6 Å². The first-order valence-corrected chi connectivity index (χ1v) is 5.50. The molecule has 0 bridgehead atoms. The lowest BCUT2D eigenvalue weighted by Crippen LogP contribution is -2.28. The zero-order chi connectivity index (χ0) is 12.6. The van der Waals surface area contributed by atoms with E-state index >= 15 is 0 Å². The van der Waals surface area contributed by atoms with Crippen LogP contribution in [-0.4, -0.2) is 12.8 Å². The van der Waals surface area contributed by atoms with Crippen molar-refractivity contribution < 1.29 is 9.21 Å². The Hall–Kier alpha value is -1.89. The molecule has 4 nitrogen and oxygen atoms in total. The minimum atomic E-state index is -0.0905. The Balaban J connectivity index is 2.67. The number of carbonyl (C=O) groups is 1. The van der Waals surface area contributed by atoms with E-state index in [2.05, 4.69) is 4.99 Å². The summed E-state index contributed by atoms with van der Waals surface area (Å²) in [5, 5.41) is 8.96. The zero-order valence-electron chi connectivity index (χ0n) is 10.2. The Bertz CT molecular complexity index is 588. The Morgan fingerprint density at radius 1 is 1.47 bits per heavy atom. The van der Waals surface area contributed by atoms with Crippen LogP contribution in [-0.2, 0) is 6.42 Å². The van der Waals surface area contributed by atoms with E-state index in [1.807, 2.05) is 19.9 Å². The fraction of sp³-hybridized carbons (Fsp3) is 0.462. The molecule has 0 saturated carbocycles. The maximum Gasteiger partial charge on any atom is 0.232 e. The molecule has 0 aliphatic heterocycles. The summed E-state index contributed by atoms with van der Waals surface area (Å²) in [6, 6.07) is 3.59. The van der Waals surface area contributed by atoms with Crippen molar-refractivity contribution in [3.05, 3.63) is 28.5 Å². The van der Waals surface area contributed by atoms with Crippen molar-refractivity contribution in [3.63, 3.8) is 0 Å². The number of ketones is 1. The summed E-state index contributed by atoms with van der Waals surface area (Å²) >= 11 is 0. The van der Waals surface area contributed by atoms with Gasteiger partial charge in [-0.1, -0.05) is 13.8 Å². The second-order valence-corrected chi connectivity index (χ2v) is 5.08. The molecule has 0 fully saturated rings. The van der Waals surface area contributed by atoms with Crippen molar-refractivity contribution >= 4 is 5.78 Å². The smallest absolute Gasteiger partial charge is 0.232 e. The van der Waals surface area contributed by atoms with E-state index in [9.17, 15) is 4.79 Å². The third-order valence-electron chi connectivity index (χ3n) is 2.94. The number of Topliss-reactive ketones (excluding diaryl/α,β-unsaturated/α-hetero) is 1. The molecule has 4 heteroatoms. The maximum atomic E-state index is 12.0. The topological polar surface area (TPSA) is 66.4 Å². The van der Waals surface area contributed by atoms with Gasteiger partial charge in [-0.3, -0.25) is 9.79 Å². The molecule has 1 aromatic heterocycles. The predicted octanol–water partition coefficient (Wildman–Crippen LogP) is 1.84. The number of nitrogens with zero attached hydrogens (tertiary/aromatic N) is 2. The van der Waals surface area contributed by atoms with Gasteiger partial charge in [0.25, 0.3) is 0 Å². The normalized spacial score (nSPS) is 18.7. The Morgan fingerprint density at radius 3 is 2.76 bits per heavy atom. The molecule has 17 heavy (non-hydrogen) atoms. The lowest BCUT2D eigenvalue weighted by Gasteiger charge is -2.28. The van der Waals surface area contributed by atoms with Gasteiger partial charge < -0.3 is 4.42 Å². The highest BCUT2D eigenvalue weighted by molar-refractivity contribution is 5.98. The first kappa shape index (κ1) is 11.6. The van der Waals surface area contributed by atoms with Gasteiger partial charge in [0.2, 0.25) is 5.55 Å². The highest BCUT2D eigenvalue weighted by Gasteiger charge is 2.33. The van der Waals surface area contributed by atoms with Crippen LogP contribution < -0.4 is 5.55 Å². The molecule has 1 aliphatic rings. The summed E-state index contributed by atoms with van der Waals surface area (Å²) in [4.78, 5) is 15.9. The highest BCUT2D eigenvalue weighted by atomic mass is 16.3. The van der Waals surface area contributed by atoms with Crippen LogP contribution in [0.3, 0.4) is 0 Å². The van der Waals surface area contributed by atoms with E-state index in [4.69, 9.17) is 9.68 Å². The van der Waals surface area contributed by atoms with Crippen LogP contribution in [0.15, 0.2) is 15.5 Å². The molecule has 0 spiro atoms. The molecule has 0 atom stereocenters. The van der Waals surface area contributed by atoms with Gasteiger partial charge in [-0.25, -0.2) is 0 Å². The molecule has 0 amide bonds. The van der Waals surface area contributed by atoms with Crippen LogP contribution in [0.2, 0.25) is 0 Å². The van der Waals surface area contributed by atoms with Gasteiger partial charge in [0.05, 0.1) is 5.56 Å². The van der Waals surface area contributed by atoms with Crippen LogP contribution in [0.1, 0.15) is 41.9 Å². The molecule has 1 aromatic rings. The average Bonchev–Trinajstić information content (AvgIpc) is 2.26. The van der Waals surface area contributed by atoms with Crippen LogP contribution in [0.4, 0.5) is 0 Å². The van der Waals surface area contributed by atoms with Crippen molar-refractivity contribution in [3.8, 4) is 6.07 Å². The summed E-state index contributed by atoms with van der Waals surface area (Å²) in [7, 11) is 1.57. The Morgan fingerprint density at radius 2 is 2.18 bits per heavy atom. The van der Waals surface area contributed by atoms with Crippen molar-refractivity contribution in [1.29, 1.82) is 5.26 Å². The standard InChI is InChI=1S/C13H14N2O2/c1-13(2)5-10(16)9-4-8(7-14)12(15-3)17-11(9)6-13/h4H,5-6H2,1-3H3. The SMILES string of the molecule is CN=c1oc2c(cc1C#N)C(=O)CC(C)(C)C2. The summed E-state index contributed by atoms with van der Waals surface area (Å²) in [5.41, 5.74) is 1.07. The van der Waals surface area contributed by atoms with Gasteiger partial charge in [0.1, 0.15) is 17.4 Å². The molecule has 0 unspecified atom stereocenters. The third kappa shape index (κ3) is 2.01. The highest BCUT2D eigenvalue weighted by Crippen LogP contribution is 2.34. The number of hydrogen-bond acceptors (Lipinski definition) is 4. The minimum absolute atomic E-state index is 0.0409. The number of fused-ring (bicyclic) bond motifs is 1. The van der Waals surface area contributed by atoms with Crippen LogP contribution >= 0.6 is 0 Å². The van der Waals surface area contributed by atoms with Crippen LogP contribution in [0.5, 0.6) is 0 Å². The van der Waals surface area contributed by atoms with Crippen molar-refractivity contribution in [2.24, 2.45) is 10.4 Å². The van der Waals surface area contributed by atoms with Gasteiger partial charge in [-0.05, 0) is 11.5 Å². The van der Waals surface area contributed by atoms with E-state index in [0.717, 1.165) is 0 Å². The summed E-state index contributed by atoms with van der Waals surface area (Å²) < 4.78 is 5.57. The second kappa shape index (κ2) is 3.85.